The summed E-state index contributed by atoms with van der Waals surface area (Å²) < 4.78 is 10.1. The molecule has 11 nitrogen and oxygen atoms in total. The third-order valence-corrected chi connectivity index (χ3v) is 2.95. The number of aliphatic hydroxyl groups excluding tert-OH is 1. The molecule has 1 aliphatic heterocycles. The van der Waals surface area contributed by atoms with Crippen LogP contribution >= 0.6 is 0 Å². The van der Waals surface area contributed by atoms with Crippen LogP contribution in [0.4, 0.5) is 0 Å². The molecule has 1 N–H and O–H groups in total. The van der Waals surface area contributed by atoms with Crippen molar-refractivity contribution in [2.75, 3.05) is 39.6 Å². The Morgan fingerprint density at radius 2 is 1.79 bits per heavy atom. The molecule has 1 aliphatic rings. The molecule has 0 spiro atoms. The molecule has 1 saturated heterocycles. The maximum Gasteiger partial charge on any atom is 0.294 e. The van der Waals surface area contributed by atoms with Crippen molar-refractivity contribution >= 4 is 0 Å². The summed E-state index contributed by atoms with van der Waals surface area (Å²) in [6.07, 6.45) is 3.04. The first-order valence-electron chi connectivity index (χ1n) is 7.80. The summed E-state index contributed by atoms with van der Waals surface area (Å²) >= 11 is 0. The van der Waals surface area contributed by atoms with Crippen LogP contribution in [0.5, 0.6) is 0 Å². The molecule has 1 fully saturated rings. The minimum Gasteiger partial charge on any atom is -0.396 e. The van der Waals surface area contributed by atoms with Gasteiger partial charge in [-0.3, -0.25) is 0 Å². The summed E-state index contributed by atoms with van der Waals surface area (Å²) in [6, 6.07) is 0. The van der Waals surface area contributed by atoms with E-state index in [2.05, 4.69) is 9.68 Å². The van der Waals surface area contributed by atoms with Gasteiger partial charge in [0.2, 0.25) is 0 Å². The van der Waals surface area contributed by atoms with E-state index < -0.39 is 10.2 Å². The molecule has 1 rings (SSSR count). The van der Waals surface area contributed by atoms with Crippen LogP contribution in [0.1, 0.15) is 32.6 Å². The Labute approximate surface area is 140 Å². The second-order valence-corrected chi connectivity index (χ2v) is 5.26. The molecule has 24 heavy (non-hydrogen) atoms. The number of hydrogen-bond donors (Lipinski definition) is 1. The van der Waals surface area contributed by atoms with Gasteiger partial charge in [0, 0.05) is 19.8 Å². The predicted octanol–water partition coefficient (Wildman–Crippen LogP) is 0.994. The fourth-order valence-electron chi connectivity index (χ4n) is 1.51. The molecule has 142 valence electrons. The first-order chi connectivity index (χ1) is 11.5. The summed E-state index contributed by atoms with van der Waals surface area (Å²) in [5.74, 6) is 0.249. The Hall–Kier alpha value is -1.72. The van der Waals surface area contributed by atoms with Crippen LogP contribution in [-0.2, 0) is 19.1 Å². The van der Waals surface area contributed by atoms with Crippen molar-refractivity contribution in [2.45, 2.75) is 38.7 Å². The van der Waals surface area contributed by atoms with E-state index >= 15 is 0 Å². The lowest BCUT2D eigenvalue weighted by molar-refractivity contribution is -0.758. The SMILES string of the molecule is CC(CCO[N+](=O)[O-])COCCCCO.O=[N+]([O-])OCCC1CO1. The Kier molecular flexibility index (Phi) is 13.8. The standard InChI is InChI=1S/C9H19NO5.C4H7NO4/c1-9(4-7-15-10(12)13)8-14-6-3-2-5-11;6-5(7)9-2-1-4-3-8-4/h9,11H,2-8H2,1H3;4H,1-3H2. The molecule has 0 saturated carbocycles. The Balaban J connectivity index is 0.000000496. The number of unbranched alkanes of at least 4 members (excludes halogenated alkanes) is 1. The first-order valence-corrected chi connectivity index (χ1v) is 7.80. The van der Waals surface area contributed by atoms with E-state index in [0.29, 0.717) is 26.1 Å². The third kappa shape index (κ3) is 18.3. The molecule has 0 aromatic heterocycles. The van der Waals surface area contributed by atoms with Crippen LogP contribution in [0.3, 0.4) is 0 Å². The molecule has 0 aliphatic carbocycles. The third-order valence-electron chi connectivity index (χ3n) is 2.95. The van der Waals surface area contributed by atoms with Crippen LogP contribution in [0.25, 0.3) is 0 Å². The fraction of sp³-hybridized carbons (Fsp3) is 1.00. The monoisotopic (exact) mass is 354 g/mol. The molecule has 0 amide bonds. The van der Waals surface area contributed by atoms with Gasteiger partial charge in [0.25, 0.3) is 10.2 Å². The lowest BCUT2D eigenvalue weighted by Crippen LogP contribution is -2.11. The number of hydrogen-bond acceptors (Lipinski definition) is 9. The van der Waals surface area contributed by atoms with Gasteiger partial charge in [-0.05, 0) is 31.6 Å². The van der Waals surface area contributed by atoms with E-state index in [0.717, 1.165) is 19.4 Å². The second-order valence-electron chi connectivity index (χ2n) is 5.26. The fourth-order valence-corrected chi connectivity index (χ4v) is 1.51. The van der Waals surface area contributed by atoms with Crippen molar-refractivity contribution in [3.8, 4) is 0 Å². The van der Waals surface area contributed by atoms with Crippen molar-refractivity contribution in [3.63, 3.8) is 0 Å². The zero-order valence-corrected chi connectivity index (χ0v) is 13.8. The van der Waals surface area contributed by atoms with E-state index in [9.17, 15) is 20.2 Å². The number of ether oxygens (including phenoxy) is 2. The van der Waals surface area contributed by atoms with Gasteiger partial charge < -0.3 is 24.3 Å². The smallest absolute Gasteiger partial charge is 0.294 e. The molecule has 2 unspecified atom stereocenters. The summed E-state index contributed by atoms with van der Waals surface area (Å²) in [5, 5.41) is 26.3. The number of nitrogens with zero attached hydrogens (tertiary/aromatic N) is 2. The van der Waals surface area contributed by atoms with E-state index in [1.807, 2.05) is 6.92 Å². The number of epoxide rings is 1. The molecular formula is C13H26N2O9. The minimum absolute atomic E-state index is 0.119. The molecule has 1 heterocycles. The average Bonchev–Trinajstić information content (AvgIpc) is 3.31. The normalized spacial score (nSPS) is 16.5. The maximum atomic E-state index is 9.84. The Morgan fingerprint density at radius 3 is 2.33 bits per heavy atom. The quantitative estimate of drug-likeness (QED) is 0.209. The van der Waals surface area contributed by atoms with Crippen LogP contribution in [0, 0.1) is 26.1 Å². The van der Waals surface area contributed by atoms with Crippen molar-refractivity contribution in [3.05, 3.63) is 20.2 Å². The summed E-state index contributed by atoms with van der Waals surface area (Å²) in [7, 11) is 0. The van der Waals surface area contributed by atoms with E-state index in [1.165, 1.54) is 0 Å². The highest BCUT2D eigenvalue weighted by Crippen LogP contribution is 2.12. The van der Waals surface area contributed by atoms with Gasteiger partial charge in [0.15, 0.2) is 0 Å². The van der Waals surface area contributed by atoms with Crippen LogP contribution in [0.15, 0.2) is 0 Å². The van der Waals surface area contributed by atoms with Gasteiger partial charge >= 0.3 is 0 Å². The largest absolute Gasteiger partial charge is 0.396 e. The van der Waals surface area contributed by atoms with E-state index in [-0.39, 0.29) is 31.8 Å². The Morgan fingerprint density at radius 1 is 1.17 bits per heavy atom. The highest BCUT2D eigenvalue weighted by atomic mass is 17.0. The van der Waals surface area contributed by atoms with Crippen molar-refractivity contribution in [2.24, 2.45) is 5.92 Å². The lowest BCUT2D eigenvalue weighted by atomic mass is 10.1. The summed E-state index contributed by atoms with van der Waals surface area (Å²) in [6.45, 7) is 4.34. The average molecular weight is 354 g/mol. The molecule has 2 atom stereocenters. The number of rotatable bonds is 14. The first kappa shape index (κ1) is 22.3. The van der Waals surface area contributed by atoms with Crippen molar-refractivity contribution in [1.29, 1.82) is 0 Å². The Bertz CT molecular complexity index is 339. The maximum absolute atomic E-state index is 9.84. The van der Waals surface area contributed by atoms with Gasteiger partial charge in [0.05, 0.1) is 25.9 Å². The van der Waals surface area contributed by atoms with Gasteiger partial charge in [-0.2, -0.15) is 0 Å². The number of aliphatic hydroxyl groups is 1. The highest BCUT2D eigenvalue weighted by Gasteiger charge is 2.21. The van der Waals surface area contributed by atoms with Crippen LogP contribution in [-0.4, -0.2) is 61.0 Å². The van der Waals surface area contributed by atoms with Gasteiger partial charge in [-0.1, -0.05) is 6.92 Å². The summed E-state index contributed by atoms with van der Waals surface area (Å²) in [4.78, 5) is 27.6. The minimum atomic E-state index is -0.789. The van der Waals surface area contributed by atoms with Gasteiger partial charge in [0.1, 0.15) is 0 Å². The molecule has 0 aromatic carbocycles. The molecule has 0 bridgehead atoms. The lowest BCUT2D eigenvalue weighted by Gasteiger charge is -2.10. The zero-order valence-electron chi connectivity index (χ0n) is 13.8. The molecular weight excluding hydrogens is 328 g/mol. The predicted molar refractivity (Wildman–Crippen MR) is 81.2 cm³/mol. The second kappa shape index (κ2) is 14.8. The molecule has 0 aromatic rings. The van der Waals surface area contributed by atoms with Crippen molar-refractivity contribution in [1.82, 2.24) is 0 Å². The molecule has 0 radical (unpaired) electrons. The van der Waals surface area contributed by atoms with E-state index in [1.54, 1.807) is 0 Å². The van der Waals surface area contributed by atoms with E-state index in [4.69, 9.17) is 14.6 Å². The van der Waals surface area contributed by atoms with Crippen LogP contribution in [0.2, 0.25) is 0 Å². The zero-order chi connectivity index (χ0) is 18.2. The highest BCUT2D eigenvalue weighted by molar-refractivity contribution is 4.67. The topological polar surface area (TPSA) is 147 Å². The van der Waals surface area contributed by atoms with Crippen molar-refractivity contribution < 1.29 is 34.4 Å². The molecule has 11 heteroatoms. The van der Waals surface area contributed by atoms with Gasteiger partial charge in [-0.15, -0.1) is 20.2 Å². The van der Waals surface area contributed by atoms with Crippen LogP contribution < -0.4 is 0 Å². The summed E-state index contributed by atoms with van der Waals surface area (Å²) in [5.41, 5.74) is 0. The van der Waals surface area contributed by atoms with Gasteiger partial charge in [-0.25, -0.2) is 0 Å².